The van der Waals surface area contributed by atoms with Crippen LogP contribution in [0, 0.1) is 5.41 Å². The molecule has 60 valence electrons. The highest BCUT2D eigenvalue weighted by atomic mass is 16.5. The van der Waals surface area contributed by atoms with Gasteiger partial charge in [-0.25, -0.2) is 0 Å². The van der Waals surface area contributed by atoms with Crippen molar-refractivity contribution in [1.82, 2.24) is 0 Å². The zero-order valence-corrected chi connectivity index (χ0v) is 7.53. The lowest BCUT2D eigenvalue weighted by atomic mass is 9.93. The van der Waals surface area contributed by atoms with Crippen molar-refractivity contribution < 1.29 is 4.74 Å². The van der Waals surface area contributed by atoms with Crippen LogP contribution < -0.4 is 0 Å². The van der Waals surface area contributed by atoms with Gasteiger partial charge in [-0.3, -0.25) is 0 Å². The highest BCUT2D eigenvalue weighted by molar-refractivity contribution is 4.74. The Balaban J connectivity index is 3.29. The first-order valence-electron chi connectivity index (χ1n) is 3.70. The zero-order chi connectivity index (χ0) is 8.20. The van der Waals surface area contributed by atoms with Gasteiger partial charge in [-0.15, -0.1) is 0 Å². The van der Waals surface area contributed by atoms with E-state index in [1.165, 1.54) is 0 Å². The number of ether oxygens (including phenoxy) is 1. The van der Waals surface area contributed by atoms with Crippen LogP contribution in [-0.2, 0) is 4.74 Å². The molecule has 0 atom stereocenters. The number of allylic oxidation sites excluding steroid dienone is 1. The molecule has 0 fully saturated rings. The van der Waals surface area contributed by atoms with Crippen molar-refractivity contribution in [3.63, 3.8) is 0 Å². The summed E-state index contributed by atoms with van der Waals surface area (Å²) in [5, 5.41) is 0. The largest absolute Gasteiger partial charge is 0.499 e. The van der Waals surface area contributed by atoms with E-state index in [0.29, 0.717) is 5.41 Å². The van der Waals surface area contributed by atoms with Gasteiger partial charge < -0.3 is 4.74 Å². The maximum atomic E-state index is 5.22. The summed E-state index contributed by atoms with van der Waals surface area (Å²) in [4.78, 5) is 0. The molecule has 10 heavy (non-hydrogen) atoms. The van der Waals surface area contributed by atoms with Gasteiger partial charge in [0.15, 0.2) is 0 Å². The molecule has 1 nitrogen and oxygen atoms in total. The van der Waals surface area contributed by atoms with E-state index in [9.17, 15) is 0 Å². The molecule has 0 aliphatic rings. The summed E-state index contributed by atoms with van der Waals surface area (Å²) in [6.45, 7) is 12.9. The topological polar surface area (TPSA) is 9.23 Å². The first kappa shape index (κ1) is 9.54. The van der Waals surface area contributed by atoms with Crippen LogP contribution in [0.2, 0.25) is 0 Å². The van der Waals surface area contributed by atoms with Crippen molar-refractivity contribution in [3.05, 3.63) is 12.3 Å². The fraction of sp³-hybridized carbons (Fsp3) is 0.778. The van der Waals surface area contributed by atoms with Gasteiger partial charge in [0.25, 0.3) is 0 Å². The Kier molecular flexibility index (Phi) is 3.48. The van der Waals surface area contributed by atoms with Crippen LogP contribution in [-0.4, -0.2) is 6.61 Å². The molecular formula is C9H18O. The first-order chi connectivity index (χ1) is 4.42. The Labute approximate surface area is 64.1 Å². The lowest BCUT2D eigenvalue weighted by molar-refractivity contribution is 0.173. The quantitative estimate of drug-likeness (QED) is 0.550. The van der Waals surface area contributed by atoms with E-state index in [0.717, 1.165) is 18.8 Å². The molecule has 0 rings (SSSR count). The van der Waals surface area contributed by atoms with Crippen molar-refractivity contribution in [2.24, 2.45) is 5.41 Å². The minimum Gasteiger partial charge on any atom is -0.499 e. The molecular weight excluding hydrogens is 124 g/mol. The molecule has 0 aliphatic carbocycles. The van der Waals surface area contributed by atoms with E-state index < -0.39 is 0 Å². The van der Waals surface area contributed by atoms with Gasteiger partial charge in [0.2, 0.25) is 0 Å². The molecule has 0 aliphatic heterocycles. The van der Waals surface area contributed by atoms with Gasteiger partial charge in [-0.2, -0.15) is 0 Å². The molecule has 0 spiro atoms. The number of rotatable bonds is 3. The van der Waals surface area contributed by atoms with Crippen LogP contribution in [0.25, 0.3) is 0 Å². The maximum absolute atomic E-state index is 5.22. The van der Waals surface area contributed by atoms with E-state index in [4.69, 9.17) is 4.74 Å². The van der Waals surface area contributed by atoms with Gasteiger partial charge in [0.05, 0.1) is 12.4 Å². The predicted molar refractivity (Wildman–Crippen MR) is 44.8 cm³/mol. The lowest BCUT2D eigenvalue weighted by Crippen LogP contribution is -2.08. The van der Waals surface area contributed by atoms with E-state index in [1.54, 1.807) is 0 Å². The smallest absolute Gasteiger partial charge is 0.0881 e. The lowest BCUT2D eigenvalue weighted by Gasteiger charge is -2.17. The average molecular weight is 142 g/mol. The van der Waals surface area contributed by atoms with Crippen LogP contribution in [0.5, 0.6) is 0 Å². The zero-order valence-electron chi connectivity index (χ0n) is 7.53. The van der Waals surface area contributed by atoms with Crippen LogP contribution in [0.15, 0.2) is 12.3 Å². The van der Waals surface area contributed by atoms with E-state index in [-0.39, 0.29) is 0 Å². The van der Waals surface area contributed by atoms with E-state index in [1.807, 2.05) is 6.92 Å². The van der Waals surface area contributed by atoms with Crippen molar-refractivity contribution in [3.8, 4) is 0 Å². The van der Waals surface area contributed by atoms with Crippen LogP contribution >= 0.6 is 0 Å². The van der Waals surface area contributed by atoms with Gasteiger partial charge in [0.1, 0.15) is 0 Å². The molecule has 0 N–H and O–H groups in total. The second kappa shape index (κ2) is 3.65. The third-order valence-electron chi connectivity index (χ3n) is 1.20. The van der Waals surface area contributed by atoms with Gasteiger partial charge >= 0.3 is 0 Å². The molecule has 0 amide bonds. The van der Waals surface area contributed by atoms with Crippen molar-refractivity contribution >= 4 is 0 Å². The Morgan fingerprint density at radius 1 is 1.40 bits per heavy atom. The third kappa shape index (κ3) is 7.54. The summed E-state index contributed by atoms with van der Waals surface area (Å²) < 4.78 is 5.22. The summed E-state index contributed by atoms with van der Waals surface area (Å²) in [7, 11) is 0. The summed E-state index contributed by atoms with van der Waals surface area (Å²) in [5.74, 6) is 0.809. The molecule has 0 unspecified atom stereocenters. The summed E-state index contributed by atoms with van der Waals surface area (Å²) in [5.41, 5.74) is 0.370. The third-order valence-corrected chi connectivity index (χ3v) is 1.20. The Bertz CT molecular complexity index is 108. The van der Waals surface area contributed by atoms with E-state index in [2.05, 4.69) is 27.4 Å². The molecule has 0 aromatic rings. The highest BCUT2D eigenvalue weighted by Gasteiger charge is 2.09. The molecule has 0 aromatic heterocycles. The SMILES string of the molecule is C=C(C)OCCC(C)(C)C. The molecule has 0 aromatic carbocycles. The number of hydrogen-bond acceptors (Lipinski definition) is 1. The van der Waals surface area contributed by atoms with Gasteiger partial charge in [-0.1, -0.05) is 27.4 Å². The Morgan fingerprint density at radius 2 is 1.90 bits per heavy atom. The fourth-order valence-corrected chi connectivity index (χ4v) is 0.531. The molecule has 0 saturated heterocycles. The van der Waals surface area contributed by atoms with Crippen LogP contribution in [0.3, 0.4) is 0 Å². The highest BCUT2D eigenvalue weighted by Crippen LogP contribution is 2.18. The second-order valence-corrected chi connectivity index (χ2v) is 3.86. The molecule has 0 radical (unpaired) electrons. The van der Waals surface area contributed by atoms with Crippen molar-refractivity contribution in [2.45, 2.75) is 34.1 Å². The van der Waals surface area contributed by atoms with Crippen molar-refractivity contribution in [2.75, 3.05) is 6.61 Å². The van der Waals surface area contributed by atoms with E-state index >= 15 is 0 Å². The fourth-order valence-electron chi connectivity index (χ4n) is 0.531. The summed E-state index contributed by atoms with van der Waals surface area (Å²) in [6.07, 6.45) is 1.08. The Hall–Kier alpha value is -0.460. The minimum absolute atomic E-state index is 0.370. The van der Waals surface area contributed by atoms with Crippen LogP contribution in [0.4, 0.5) is 0 Å². The monoisotopic (exact) mass is 142 g/mol. The molecule has 0 bridgehead atoms. The predicted octanol–water partition coefficient (Wildman–Crippen LogP) is 2.97. The maximum Gasteiger partial charge on any atom is 0.0881 e. The Morgan fingerprint density at radius 3 is 2.20 bits per heavy atom. The normalized spacial score (nSPS) is 11.2. The summed E-state index contributed by atoms with van der Waals surface area (Å²) in [6, 6.07) is 0. The summed E-state index contributed by atoms with van der Waals surface area (Å²) >= 11 is 0. The average Bonchev–Trinajstić information content (AvgIpc) is 1.59. The van der Waals surface area contributed by atoms with Crippen LogP contribution in [0.1, 0.15) is 34.1 Å². The molecule has 0 saturated carbocycles. The van der Waals surface area contributed by atoms with Gasteiger partial charge in [-0.05, 0) is 18.8 Å². The minimum atomic E-state index is 0.370. The second-order valence-electron chi connectivity index (χ2n) is 3.86. The van der Waals surface area contributed by atoms with Gasteiger partial charge in [0, 0.05) is 0 Å². The van der Waals surface area contributed by atoms with Crippen molar-refractivity contribution in [1.29, 1.82) is 0 Å². The number of hydrogen-bond donors (Lipinski definition) is 0. The molecule has 0 heterocycles. The standard InChI is InChI=1S/C9H18O/c1-8(2)10-7-6-9(3,4)5/h1,6-7H2,2-5H3. The first-order valence-corrected chi connectivity index (χ1v) is 3.70. The molecule has 1 heteroatoms.